The average molecular weight is 442 g/mol. The molecule has 11 nitrogen and oxygen atoms in total. The number of benzene rings is 1. The van der Waals surface area contributed by atoms with E-state index in [0.717, 1.165) is 0 Å². The van der Waals surface area contributed by atoms with Gasteiger partial charge in [-0.1, -0.05) is 43.5 Å². The molecular weight excluding hydrogens is 416 g/mol. The lowest BCUT2D eigenvalue weighted by atomic mass is 9.79. The number of esters is 1. The van der Waals surface area contributed by atoms with Crippen LogP contribution >= 0.6 is 0 Å². The molecule has 0 radical (unpaired) electrons. The van der Waals surface area contributed by atoms with E-state index in [2.05, 4.69) is 23.1 Å². The molecule has 32 heavy (non-hydrogen) atoms. The van der Waals surface area contributed by atoms with E-state index in [0.29, 0.717) is 15.5 Å². The minimum Gasteiger partial charge on any atom is -0.454 e. The Hall–Kier alpha value is -3.41. The molecule has 1 fully saturated rings. The van der Waals surface area contributed by atoms with Crippen molar-refractivity contribution in [2.45, 2.75) is 36.4 Å². The zero-order valence-corrected chi connectivity index (χ0v) is 17.5. The van der Waals surface area contributed by atoms with Crippen molar-refractivity contribution in [3.63, 3.8) is 0 Å². The van der Waals surface area contributed by atoms with Crippen LogP contribution in [0.4, 0.5) is 0 Å². The third-order valence-electron chi connectivity index (χ3n) is 6.46. The molecule has 3 aliphatic heterocycles. The highest BCUT2D eigenvalue weighted by atomic mass is 16.6. The van der Waals surface area contributed by atoms with Gasteiger partial charge in [0, 0.05) is 0 Å². The molecule has 1 spiro atoms. The van der Waals surface area contributed by atoms with Crippen LogP contribution in [0.5, 0.6) is 0 Å². The van der Waals surface area contributed by atoms with Gasteiger partial charge in [-0.05, 0) is 17.4 Å². The van der Waals surface area contributed by atoms with E-state index in [1.54, 1.807) is 24.3 Å². The Morgan fingerprint density at radius 3 is 2.66 bits per heavy atom. The monoisotopic (exact) mass is 442 g/mol. The number of nitrogens with two attached hydrogens (primary N) is 2. The van der Waals surface area contributed by atoms with Crippen LogP contribution in [0, 0.1) is 0 Å². The van der Waals surface area contributed by atoms with Crippen molar-refractivity contribution in [3.8, 4) is 0 Å². The summed E-state index contributed by atoms with van der Waals surface area (Å²) < 4.78 is 5.72. The summed E-state index contributed by atoms with van der Waals surface area (Å²) in [6, 6.07) is 5.17. The lowest BCUT2D eigenvalue weighted by Gasteiger charge is -2.51. The van der Waals surface area contributed by atoms with Crippen molar-refractivity contribution >= 4 is 30.0 Å². The highest BCUT2D eigenvalue weighted by Gasteiger charge is 2.75. The maximum Gasteiger partial charge on any atom is 0.339 e. The third-order valence-corrected chi connectivity index (χ3v) is 6.46. The molecule has 0 saturated carbocycles. The lowest BCUT2D eigenvalue weighted by molar-refractivity contribution is -0.231. The summed E-state index contributed by atoms with van der Waals surface area (Å²) >= 11 is 0. The fraction of sp³-hybridized carbons (Fsp3) is 0.381. The molecule has 4 rings (SSSR count). The largest absolute Gasteiger partial charge is 0.454 e. The number of guanidine groups is 2. The maximum absolute atomic E-state index is 13.1. The van der Waals surface area contributed by atoms with E-state index in [1.807, 2.05) is 0 Å². The molecule has 0 bridgehead atoms. The molecular formula is C21H26N6O5. The molecule has 1 aromatic carbocycles. The number of hydrogen-bond donors (Lipinski definition) is 5. The summed E-state index contributed by atoms with van der Waals surface area (Å²) in [5.74, 6) is -1.07. The first-order valence-electron chi connectivity index (χ1n) is 9.99. The van der Waals surface area contributed by atoms with E-state index >= 15 is 0 Å². The summed E-state index contributed by atoms with van der Waals surface area (Å²) in [7, 11) is 0. The minimum absolute atomic E-state index is 0.0564. The number of rotatable bonds is 4. The number of ether oxygens (including phenoxy) is 1. The first kappa shape index (κ1) is 21.8. The second-order valence-corrected chi connectivity index (χ2v) is 8.13. The highest BCUT2D eigenvalue weighted by Crippen LogP contribution is 2.50. The van der Waals surface area contributed by atoms with Crippen molar-refractivity contribution in [2.75, 3.05) is 13.2 Å². The van der Waals surface area contributed by atoms with Crippen molar-refractivity contribution in [2.24, 2.45) is 21.5 Å². The molecule has 5 unspecified atom stereocenters. The Morgan fingerprint density at radius 1 is 1.34 bits per heavy atom. The second-order valence-electron chi connectivity index (χ2n) is 8.13. The number of hydrogen-bond acceptors (Lipinski definition) is 11. The topological polar surface area (TPSA) is 170 Å². The van der Waals surface area contributed by atoms with Gasteiger partial charge in [-0.2, -0.15) is 5.06 Å². The van der Waals surface area contributed by atoms with Crippen molar-refractivity contribution < 1.29 is 25.0 Å². The number of carbonyl (C=O) groups excluding carboxylic acids is 1. The second kappa shape index (κ2) is 7.33. The van der Waals surface area contributed by atoms with E-state index in [9.17, 15) is 20.2 Å². The number of aliphatic hydroxyl groups is 2. The lowest BCUT2D eigenvalue weighted by Crippen LogP contribution is -2.76. The van der Waals surface area contributed by atoms with Gasteiger partial charge in [-0.3, -0.25) is 5.21 Å². The summed E-state index contributed by atoms with van der Waals surface area (Å²) in [4.78, 5) is 22.9. The molecule has 0 aliphatic carbocycles. The van der Waals surface area contributed by atoms with Crippen LogP contribution in [-0.2, 0) is 9.53 Å². The first-order chi connectivity index (χ1) is 15.1. The number of carbonyl (C=O) groups is 1. The zero-order valence-electron chi connectivity index (χ0n) is 17.5. The van der Waals surface area contributed by atoms with Crippen molar-refractivity contribution in [1.29, 1.82) is 0 Å². The predicted molar refractivity (Wildman–Crippen MR) is 116 cm³/mol. The van der Waals surface area contributed by atoms with Crippen LogP contribution < -0.4 is 21.9 Å². The fourth-order valence-electron chi connectivity index (χ4n) is 4.87. The Morgan fingerprint density at radius 2 is 2.03 bits per heavy atom. The molecule has 170 valence electrons. The van der Waals surface area contributed by atoms with Gasteiger partial charge in [0.25, 0.3) is 0 Å². The van der Waals surface area contributed by atoms with Gasteiger partial charge in [0.15, 0.2) is 12.1 Å². The van der Waals surface area contributed by atoms with Gasteiger partial charge < -0.3 is 31.3 Å². The van der Waals surface area contributed by atoms with Gasteiger partial charge in [0.1, 0.15) is 17.7 Å². The Balaban J connectivity index is 1.77. The summed E-state index contributed by atoms with van der Waals surface area (Å²) in [6.07, 6.45) is 0.197. The first-order valence-corrected chi connectivity index (χ1v) is 9.99. The average Bonchev–Trinajstić information content (AvgIpc) is 3.16. The van der Waals surface area contributed by atoms with Crippen LogP contribution in [0.15, 0.2) is 46.9 Å². The number of aliphatic hydroxyl groups excluding tert-OH is 1. The normalized spacial score (nSPS) is 34.3. The Labute approximate surface area is 183 Å². The zero-order chi connectivity index (χ0) is 23.4. The summed E-state index contributed by atoms with van der Waals surface area (Å²) in [5, 5.41) is 34.1. The number of aliphatic imine (C=N–C) groups is 2. The van der Waals surface area contributed by atoms with Crippen LogP contribution in [0.3, 0.4) is 0 Å². The quantitative estimate of drug-likeness (QED) is 0.309. The SMILES string of the molecule is C=CC(C(=O)OC1CN2C(N)=NC(CO)C3N=C(N)N(O)C32C1(C)O)=c1ccccc1=C. The van der Waals surface area contributed by atoms with Crippen molar-refractivity contribution in [1.82, 2.24) is 9.96 Å². The van der Waals surface area contributed by atoms with E-state index in [1.165, 1.54) is 17.9 Å². The standard InChI is InChI=1S/C21H26N6O5/c1-4-12(13-8-6-5-7-11(13)2)17(29)32-15-9-26-18(22)24-14(10-28)16-21(26,20(15,3)30)27(31)19(23)25-16/h4-8,14-16,28,30-31H,1-2,9-10H2,3H3,(H2,22,24)(H2,23,25). The molecule has 7 N–H and O–H groups in total. The molecule has 5 atom stereocenters. The molecule has 11 heteroatoms. The van der Waals surface area contributed by atoms with E-state index < -0.39 is 42.0 Å². The van der Waals surface area contributed by atoms with E-state index in [-0.39, 0.29) is 24.0 Å². The molecule has 1 saturated heterocycles. The van der Waals surface area contributed by atoms with Crippen LogP contribution in [-0.4, -0.2) is 85.9 Å². The smallest absolute Gasteiger partial charge is 0.339 e. The van der Waals surface area contributed by atoms with Crippen LogP contribution in [0.2, 0.25) is 0 Å². The highest BCUT2D eigenvalue weighted by molar-refractivity contribution is 6.13. The maximum atomic E-state index is 13.1. The van der Waals surface area contributed by atoms with Crippen LogP contribution in [0.1, 0.15) is 6.92 Å². The minimum atomic E-state index is -1.92. The summed E-state index contributed by atoms with van der Waals surface area (Å²) in [5.41, 5.74) is 8.50. The molecule has 0 aromatic heterocycles. The van der Waals surface area contributed by atoms with E-state index in [4.69, 9.17) is 16.2 Å². The van der Waals surface area contributed by atoms with Gasteiger partial charge in [-0.25, -0.2) is 14.8 Å². The number of hydroxylamine groups is 2. The predicted octanol–water partition coefficient (Wildman–Crippen LogP) is -2.81. The third kappa shape index (κ3) is 2.68. The Kier molecular flexibility index (Phi) is 4.99. The summed E-state index contributed by atoms with van der Waals surface area (Å²) in [6.45, 7) is 8.47. The fourth-order valence-corrected chi connectivity index (χ4v) is 4.87. The Bertz CT molecular complexity index is 1150. The van der Waals surface area contributed by atoms with Gasteiger partial charge in [-0.15, -0.1) is 0 Å². The molecule has 0 amide bonds. The number of nitrogens with zero attached hydrogens (tertiary/aromatic N) is 4. The van der Waals surface area contributed by atoms with Gasteiger partial charge >= 0.3 is 5.97 Å². The van der Waals surface area contributed by atoms with Crippen LogP contribution in [0.25, 0.3) is 12.2 Å². The molecule has 3 heterocycles. The molecule has 1 aromatic rings. The van der Waals surface area contributed by atoms with Gasteiger partial charge in [0.2, 0.25) is 11.6 Å². The van der Waals surface area contributed by atoms with Gasteiger partial charge in [0.05, 0.1) is 18.7 Å². The molecule has 3 aliphatic rings. The van der Waals surface area contributed by atoms with Crippen molar-refractivity contribution in [3.05, 3.63) is 47.4 Å².